The fraction of sp³-hybridized carbons (Fsp3) is 0.625. The van der Waals surface area contributed by atoms with E-state index in [1.165, 1.54) is 31.2 Å². The lowest BCUT2D eigenvalue weighted by Crippen LogP contribution is -2.39. The van der Waals surface area contributed by atoms with Crippen LogP contribution in [-0.2, 0) is 6.54 Å². The summed E-state index contributed by atoms with van der Waals surface area (Å²) in [6, 6.07) is 4.13. The zero-order chi connectivity index (χ0) is 14.6. The molecule has 1 fully saturated rings. The molecule has 1 N–H and O–H groups in total. The van der Waals surface area contributed by atoms with Crippen LogP contribution in [-0.4, -0.2) is 20.8 Å². The average molecular weight is 342 g/mol. The molecule has 3 nitrogen and oxygen atoms in total. The molecule has 0 aliphatic heterocycles. The Hall–Kier alpha value is -0.740. The number of benzene rings is 1. The van der Waals surface area contributed by atoms with Crippen molar-refractivity contribution in [1.82, 2.24) is 5.32 Å². The highest BCUT2D eigenvalue weighted by Crippen LogP contribution is 2.43. The SMILES string of the molecule is CCC1(CNCc2cc(Br)c(OC)c(OC)c2)CCC1. The third-order valence-electron chi connectivity index (χ3n) is 4.49. The molecule has 0 atom stereocenters. The highest BCUT2D eigenvalue weighted by atomic mass is 79.9. The van der Waals surface area contributed by atoms with Crippen LogP contribution in [0.3, 0.4) is 0 Å². The minimum Gasteiger partial charge on any atom is -0.493 e. The predicted molar refractivity (Wildman–Crippen MR) is 85.5 cm³/mol. The molecule has 1 saturated carbocycles. The molecule has 0 radical (unpaired) electrons. The summed E-state index contributed by atoms with van der Waals surface area (Å²) in [6.45, 7) is 4.27. The van der Waals surface area contributed by atoms with Crippen molar-refractivity contribution in [2.24, 2.45) is 5.41 Å². The molecular weight excluding hydrogens is 318 g/mol. The normalized spacial score (nSPS) is 16.6. The highest BCUT2D eigenvalue weighted by molar-refractivity contribution is 9.10. The number of rotatable bonds is 7. The predicted octanol–water partition coefficient (Wildman–Crippen LogP) is 4.14. The van der Waals surface area contributed by atoms with Gasteiger partial charge in [0.15, 0.2) is 11.5 Å². The van der Waals surface area contributed by atoms with Crippen LogP contribution in [0.15, 0.2) is 16.6 Å². The minimum absolute atomic E-state index is 0.549. The first-order valence-corrected chi connectivity index (χ1v) is 8.04. The summed E-state index contributed by atoms with van der Waals surface area (Å²) in [5.41, 5.74) is 1.76. The number of halogens is 1. The van der Waals surface area contributed by atoms with Crippen molar-refractivity contribution in [2.75, 3.05) is 20.8 Å². The van der Waals surface area contributed by atoms with Crippen LogP contribution in [0.25, 0.3) is 0 Å². The van der Waals surface area contributed by atoms with E-state index in [1.807, 2.05) is 6.07 Å². The van der Waals surface area contributed by atoms with Gasteiger partial charge in [0.2, 0.25) is 0 Å². The second-order valence-electron chi connectivity index (χ2n) is 5.62. The lowest BCUT2D eigenvalue weighted by molar-refractivity contribution is 0.124. The van der Waals surface area contributed by atoms with Gasteiger partial charge in [0.25, 0.3) is 0 Å². The van der Waals surface area contributed by atoms with Crippen LogP contribution in [0, 0.1) is 5.41 Å². The monoisotopic (exact) mass is 341 g/mol. The molecule has 0 unspecified atom stereocenters. The van der Waals surface area contributed by atoms with Gasteiger partial charge in [-0.2, -0.15) is 0 Å². The Kier molecular flexibility index (Phi) is 5.33. The molecule has 20 heavy (non-hydrogen) atoms. The number of nitrogens with one attached hydrogen (secondary N) is 1. The maximum absolute atomic E-state index is 5.38. The number of ether oxygens (including phenoxy) is 2. The molecule has 0 saturated heterocycles. The van der Waals surface area contributed by atoms with Crippen molar-refractivity contribution >= 4 is 15.9 Å². The summed E-state index contributed by atoms with van der Waals surface area (Å²) < 4.78 is 11.6. The molecule has 1 aromatic carbocycles. The van der Waals surface area contributed by atoms with E-state index in [2.05, 4.69) is 34.2 Å². The van der Waals surface area contributed by atoms with Crippen molar-refractivity contribution < 1.29 is 9.47 Å². The Morgan fingerprint density at radius 1 is 1.25 bits per heavy atom. The Morgan fingerprint density at radius 2 is 2.00 bits per heavy atom. The lowest BCUT2D eigenvalue weighted by Gasteiger charge is -2.41. The first kappa shape index (κ1) is 15.6. The van der Waals surface area contributed by atoms with E-state index in [9.17, 15) is 0 Å². The number of hydrogen-bond donors (Lipinski definition) is 1. The van der Waals surface area contributed by atoms with Crippen LogP contribution in [0.5, 0.6) is 11.5 Å². The maximum Gasteiger partial charge on any atom is 0.174 e. The molecular formula is C16H24BrNO2. The number of methoxy groups -OCH3 is 2. The maximum atomic E-state index is 5.38. The fourth-order valence-corrected chi connectivity index (χ4v) is 3.53. The second kappa shape index (κ2) is 6.81. The van der Waals surface area contributed by atoms with Crippen molar-refractivity contribution in [3.63, 3.8) is 0 Å². The van der Waals surface area contributed by atoms with Crippen molar-refractivity contribution in [1.29, 1.82) is 0 Å². The highest BCUT2D eigenvalue weighted by Gasteiger charge is 2.34. The molecule has 2 rings (SSSR count). The molecule has 0 spiro atoms. The smallest absolute Gasteiger partial charge is 0.174 e. The van der Waals surface area contributed by atoms with Gasteiger partial charge in [0, 0.05) is 13.1 Å². The summed E-state index contributed by atoms with van der Waals surface area (Å²) in [4.78, 5) is 0. The summed E-state index contributed by atoms with van der Waals surface area (Å²) in [5.74, 6) is 1.52. The van der Waals surface area contributed by atoms with Crippen molar-refractivity contribution in [3.8, 4) is 11.5 Å². The van der Waals surface area contributed by atoms with Gasteiger partial charge in [0.05, 0.1) is 18.7 Å². The summed E-state index contributed by atoms with van der Waals surface area (Å²) >= 11 is 3.54. The van der Waals surface area contributed by atoms with Crippen LogP contribution >= 0.6 is 15.9 Å². The van der Waals surface area contributed by atoms with E-state index in [0.717, 1.165) is 29.1 Å². The molecule has 1 aliphatic carbocycles. The molecule has 0 aromatic heterocycles. The van der Waals surface area contributed by atoms with E-state index in [0.29, 0.717) is 5.41 Å². The van der Waals surface area contributed by atoms with Gasteiger partial charge in [0.1, 0.15) is 0 Å². The number of hydrogen-bond acceptors (Lipinski definition) is 3. The van der Waals surface area contributed by atoms with E-state index in [1.54, 1.807) is 14.2 Å². The van der Waals surface area contributed by atoms with E-state index >= 15 is 0 Å². The van der Waals surface area contributed by atoms with Crippen LogP contribution < -0.4 is 14.8 Å². The first-order chi connectivity index (χ1) is 9.64. The summed E-state index contributed by atoms with van der Waals surface area (Å²) in [7, 11) is 3.32. The quantitative estimate of drug-likeness (QED) is 0.808. The minimum atomic E-state index is 0.549. The third kappa shape index (κ3) is 3.29. The van der Waals surface area contributed by atoms with Gasteiger partial charge >= 0.3 is 0 Å². The standard InChI is InChI=1S/C16H24BrNO2/c1-4-16(6-5-7-16)11-18-10-12-8-13(17)15(20-3)14(9-12)19-2/h8-9,18H,4-7,10-11H2,1-3H3. The lowest BCUT2D eigenvalue weighted by atomic mass is 9.67. The zero-order valence-corrected chi connectivity index (χ0v) is 14.2. The second-order valence-corrected chi connectivity index (χ2v) is 6.48. The summed E-state index contributed by atoms with van der Waals surface area (Å²) in [6.07, 6.45) is 5.39. The Morgan fingerprint density at radius 3 is 2.50 bits per heavy atom. The zero-order valence-electron chi connectivity index (χ0n) is 12.6. The molecule has 112 valence electrons. The molecule has 0 bridgehead atoms. The van der Waals surface area contributed by atoms with E-state index < -0.39 is 0 Å². The average Bonchev–Trinajstić information content (AvgIpc) is 2.41. The van der Waals surface area contributed by atoms with Gasteiger partial charge < -0.3 is 14.8 Å². The Labute approximate surface area is 130 Å². The molecule has 4 heteroatoms. The van der Waals surface area contributed by atoms with Crippen LogP contribution in [0.2, 0.25) is 0 Å². The topological polar surface area (TPSA) is 30.5 Å². The van der Waals surface area contributed by atoms with Gasteiger partial charge in [-0.25, -0.2) is 0 Å². The summed E-state index contributed by atoms with van der Waals surface area (Å²) in [5, 5.41) is 3.59. The van der Waals surface area contributed by atoms with Gasteiger partial charge in [-0.1, -0.05) is 13.3 Å². The molecule has 1 aromatic rings. The Balaban J connectivity index is 1.97. The van der Waals surface area contributed by atoms with Gasteiger partial charge in [-0.3, -0.25) is 0 Å². The third-order valence-corrected chi connectivity index (χ3v) is 5.08. The van der Waals surface area contributed by atoms with Gasteiger partial charge in [-0.15, -0.1) is 0 Å². The molecule has 0 amide bonds. The van der Waals surface area contributed by atoms with Crippen molar-refractivity contribution in [3.05, 3.63) is 22.2 Å². The van der Waals surface area contributed by atoms with Crippen LogP contribution in [0.4, 0.5) is 0 Å². The van der Waals surface area contributed by atoms with E-state index in [4.69, 9.17) is 9.47 Å². The Bertz CT molecular complexity index is 453. The van der Waals surface area contributed by atoms with E-state index in [-0.39, 0.29) is 0 Å². The van der Waals surface area contributed by atoms with Crippen LogP contribution in [0.1, 0.15) is 38.2 Å². The molecule has 1 aliphatic rings. The molecule has 0 heterocycles. The largest absolute Gasteiger partial charge is 0.493 e. The fourth-order valence-electron chi connectivity index (χ4n) is 2.88. The van der Waals surface area contributed by atoms with Crippen molar-refractivity contribution in [2.45, 2.75) is 39.2 Å². The van der Waals surface area contributed by atoms with Gasteiger partial charge in [-0.05, 0) is 58.3 Å². The first-order valence-electron chi connectivity index (χ1n) is 7.25.